The third-order valence-electron chi connectivity index (χ3n) is 3.68. The number of carboxylic acids is 1. The van der Waals surface area contributed by atoms with Gasteiger partial charge >= 0.3 is 5.97 Å². The fraction of sp³-hybridized carbons (Fsp3) is 0.467. The summed E-state index contributed by atoms with van der Waals surface area (Å²) < 4.78 is 0. The van der Waals surface area contributed by atoms with Crippen molar-refractivity contribution in [3.8, 4) is 0 Å². The molecule has 0 aliphatic heterocycles. The Bertz CT molecular complexity index is 480. The van der Waals surface area contributed by atoms with Gasteiger partial charge in [0.2, 0.25) is 5.91 Å². The molecule has 0 bridgehead atoms. The molecule has 1 saturated carbocycles. The van der Waals surface area contributed by atoms with E-state index in [2.05, 4.69) is 5.32 Å². The highest BCUT2D eigenvalue weighted by Gasteiger charge is 2.32. The average Bonchev–Trinajstić information content (AvgIpc) is 3.22. The quantitative estimate of drug-likeness (QED) is 0.824. The normalized spacial score (nSPS) is 15.8. The van der Waals surface area contributed by atoms with Crippen molar-refractivity contribution < 1.29 is 14.7 Å². The first-order chi connectivity index (χ1) is 9.09. The van der Waals surface area contributed by atoms with Crippen LogP contribution in [0.25, 0.3) is 0 Å². The van der Waals surface area contributed by atoms with Crippen molar-refractivity contribution in [3.05, 3.63) is 35.4 Å². The lowest BCUT2D eigenvalue weighted by atomic mass is 10.0. The van der Waals surface area contributed by atoms with Gasteiger partial charge in [0.05, 0.1) is 5.56 Å². The molecule has 2 N–H and O–H groups in total. The summed E-state index contributed by atoms with van der Waals surface area (Å²) in [5, 5.41) is 11.9. The summed E-state index contributed by atoms with van der Waals surface area (Å²) in [4.78, 5) is 22.8. The van der Waals surface area contributed by atoms with Gasteiger partial charge in [0.1, 0.15) is 0 Å². The van der Waals surface area contributed by atoms with Crippen LogP contribution in [0.2, 0.25) is 0 Å². The van der Waals surface area contributed by atoms with Crippen molar-refractivity contribution in [1.29, 1.82) is 0 Å². The predicted molar refractivity (Wildman–Crippen MR) is 72.0 cm³/mol. The van der Waals surface area contributed by atoms with E-state index in [4.69, 9.17) is 5.11 Å². The summed E-state index contributed by atoms with van der Waals surface area (Å²) in [7, 11) is 0. The highest BCUT2D eigenvalue weighted by atomic mass is 16.4. The fourth-order valence-corrected chi connectivity index (χ4v) is 2.24. The van der Waals surface area contributed by atoms with Crippen molar-refractivity contribution in [1.82, 2.24) is 5.32 Å². The van der Waals surface area contributed by atoms with Gasteiger partial charge in [0.15, 0.2) is 0 Å². The Hall–Kier alpha value is -1.84. The minimum absolute atomic E-state index is 0.0784. The molecule has 1 atom stereocenters. The van der Waals surface area contributed by atoms with Gasteiger partial charge in [-0.1, -0.05) is 25.1 Å². The first-order valence-electron chi connectivity index (χ1n) is 6.68. The molecular formula is C15H19NO3. The zero-order valence-corrected chi connectivity index (χ0v) is 11.1. The van der Waals surface area contributed by atoms with Gasteiger partial charge in [-0.25, -0.2) is 4.79 Å². The molecule has 19 heavy (non-hydrogen) atoms. The van der Waals surface area contributed by atoms with E-state index in [-0.39, 0.29) is 11.8 Å². The number of amides is 1. The van der Waals surface area contributed by atoms with Crippen LogP contribution in [0, 0.1) is 11.8 Å². The van der Waals surface area contributed by atoms with E-state index in [1.807, 2.05) is 13.0 Å². The molecule has 1 aromatic rings. The number of nitrogens with one attached hydrogen (secondary N) is 1. The zero-order valence-electron chi connectivity index (χ0n) is 11.1. The van der Waals surface area contributed by atoms with E-state index in [1.54, 1.807) is 18.2 Å². The first-order valence-corrected chi connectivity index (χ1v) is 6.68. The third-order valence-corrected chi connectivity index (χ3v) is 3.68. The average molecular weight is 261 g/mol. The summed E-state index contributed by atoms with van der Waals surface area (Å²) in [6.45, 7) is 2.44. The standard InChI is InChI=1S/C15H19NO3/c1-10(11-6-7-11)14(17)16-9-8-12-4-2-3-5-13(12)15(18)19/h2-5,10-11H,6-9H2,1H3,(H,16,17)(H,18,19). The van der Waals surface area contributed by atoms with Gasteiger partial charge in [-0.2, -0.15) is 0 Å². The molecule has 1 aromatic carbocycles. The molecule has 102 valence electrons. The SMILES string of the molecule is CC(C(=O)NCCc1ccccc1C(=O)O)C1CC1. The smallest absolute Gasteiger partial charge is 0.335 e. The summed E-state index contributed by atoms with van der Waals surface area (Å²) in [5.41, 5.74) is 1.07. The van der Waals surface area contributed by atoms with Crippen LogP contribution in [0.15, 0.2) is 24.3 Å². The van der Waals surface area contributed by atoms with Gasteiger partial charge in [0.25, 0.3) is 0 Å². The number of hydrogen-bond acceptors (Lipinski definition) is 2. The van der Waals surface area contributed by atoms with Crippen LogP contribution in [0.3, 0.4) is 0 Å². The van der Waals surface area contributed by atoms with E-state index < -0.39 is 5.97 Å². The van der Waals surface area contributed by atoms with Crippen LogP contribution in [-0.4, -0.2) is 23.5 Å². The first kappa shape index (κ1) is 13.6. The second kappa shape index (κ2) is 5.87. The number of benzene rings is 1. The highest BCUT2D eigenvalue weighted by Crippen LogP contribution is 2.36. The molecule has 1 aliphatic rings. The third kappa shape index (κ3) is 3.56. The van der Waals surface area contributed by atoms with Crippen molar-refractivity contribution in [2.24, 2.45) is 11.8 Å². The second-order valence-corrected chi connectivity index (χ2v) is 5.13. The number of aromatic carboxylic acids is 1. The summed E-state index contributed by atoms with van der Waals surface area (Å²) in [5.74, 6) is -0.218. The summed E-state index contributed by atoms with van der Waals surface area (Å²) in [6, 6.07) is 6.91. The maximum atomic E-state index is 11.8. The summed E-state index contributed by atoms with van der Waals surface area (Å²) in [6.07, 6.45) is 2.85. The largest absolute Gasteiger partial charge is 0.478 e. The summed E-state index contributed by atoms with van der Waals surface area (Å²) >= 11 is 0. The van der Waals surface area contributed by atoms with E-state index in [0.717, 1.165) is 18.4 Å². The lowest BCUT2D eigenvalue weighted by Gasteiger charge is -2.11. The molecule has 4 heteroatoms. The molecule has 0 saturated heterocycles. The Balaban J connectivity index is 1.85. The lowest BCUT2D eigenvalue weighted by molar-refractivity contribution is -0.125. The predicted octanol–water partition coefficient (Wildman–Crippen LogP) is 2.09. The Morgan fingerprint density at radius 1 is 1.37 bits per heavy atom. The Kier molecular flexibility index (Phi) is 4.20. The molecule has 0 aromatic heterocycles. The molecule has 2 rings (SSSR count). The van der Waals surface area contributed by atoms with Gasteiger partial charge in [-0.05, 0) is 36.8 Å². The van der Waals surface area contributed by atoms with Crippen LogP contribution in [0.4, 0.5) is 0 Å². The molecule has 0 heterocycles. The van der Waals surface area contributed by atoms with Crippen molar-refractivity contribution in [2.45, 2.75) is 26.2 Å². The molecule has 4 nitrogen and oxygen atoms in total. The van der Waals surface area contributed by atoms with Gasteiger partial charge in [0, 0.05) is 12.5 Å². The van der Waals surface area contributed by atoms with E-state index in [1.165, 1.54) is 0 Å². The lowest BCUT2D eigenvalue weighted by Crippen LogP contribution is -2.32. The van der Waals surface area contributed by atoms with Crippen molar-refractivity contribution >= 4 is 11.9 Å². The topological polar surface area (TPSA) is 66.4 Å². The number of carbonyl (C=O) groups excluding carboxylic acids is 1. The van der Waals surface area contributed by atoms with E-state index in [0.29, 0.717) is 24.4 Å². The minimum atomic E-state index is -0.923. The number of hydrogen-bond donors (Lipinski definition) is 2. The number of rotatable bonds is 6. The molecular weight excluding hydrogens is 242 g/mol. The van der Waals surface area contributed by atoms with Crippen LogP contribution in [-0.2, 0) is 11.2 Å². The maximum absolute atomic E-state index is 11.8. The molecule has 1 unspecified atom stereocenters. The molecule has 1 fully saturated rings. The van der Waals surface area contributed by atoms with Gasteiger partial charge < -0.3 is 10.4 Å². The van der Waals surface area contributed by atoms with Crippen molar-refractivity contribution in [2.75, 3.05) is 6.54 Å². The number of carbonyl (C=O) groups is 2. The second-order valence-electron chi connectivity index (χ2n) is 5.13. The highest BCUT2D eigenvalue weighted by molar-refractivity contribution is 5.89. The molecule has 0 spiro atoms. The minimum Gasteiger partial charge on any atom is -0.478 e. The Morgan fingerprint density at radius 2 is 2.05 bits per heavy atom. The molecule has 0 radical (unpaired) electrons. The van der Waals surface area contributed by atoms with Crippen LogP contribution >= 0.6 is 0 Å². The fourth-order valence-electron chi connectivity index (χ4n) is 2.24. The van der Waals surface area contributed by atoms with E-state index >= 15 is 0 Å². The maximum Gasteiger partial charge on any atom is 0.335 e. The van der Waals surface area contributed by atoms with Crippen LogP contribution in [0.5, 0.6) is 0 Å². The number of carboxylic acid groups (broad SMARTS) is 1. The zero-order chi connectivity index (χ0) is 13.8. The molecule has 1 aliphatic carbocycles. The van der Waals surface area contributed by atoms with E-state index in [9.17, 15) is 9.59 Å². The van der Waals surface area contributed by atoms with Crippen LogP contribution in [0.1, 0.15) is 35.7 Å². The van der Waals surface area contributed by atoms with Crippen LogP contribution < -0.4 is 5.32 Å². The Labute approximate surface area is 112 Å². The van der Waals surface area contributed by atoms with Gasteiger partial charge in [-0.3, -0.25) is 4.79 Å². The Morgan fingerprint density at radius 3 is 2.68 bits per heavy atom. The monoisotopic (exact) mass is 261 g/mol. The van der Waals surface area contributed by atoms with Gasteiger partial charge in [-0.15, -0.1) is 0 Å². The molecule has 1 amide bonds. The van der Waals surface area contributed by atoms with Crippen molar-refractivity contribution in [3.63, 3.8) is 0 Å².